The van der Waals surface area contributed by atoms with Crippen LogP contribution in [0.3, 0.4) is 0 Å². The lowest BCUT2D eigenvalue weighted by Gasteiger charge is -2.39. The van der Waals surface area contributed by atoms with E-state index in [1.807, 2.05) is 24.2 Å². The first-order valence-corrected chi connectivity index (χ1v) is 18.5. The quantitative estimate of drug-likeness (QED) is 0.182. The zero-order valence-electron chi connectivity index (χ0n) is 27.9. The summed E-state index contributed by atoms with van der Waals surface area (Å²) in [6, 6.07) is 57.8. The number of benzene rings is 6. The van der Waals surface area contributed by atoms with E-state index in [-0.39, 0.29) is 0 Å². The predicted octanol–water partition coefficient (Wildman–Crippen LogP) is 11.5. The number of aromatic nitrogens is 4. The number of fused-ring (bicyclic) bond motifs is 15. The van der Waals surface area contributed by atoms with Crippen molar-refractivity contribution in [2.45, 2.75) is 15.2 Å². The standard InChI is InChI=1S/C47H28N4S/c1-5-17-39-31(11-1)32-12-2-6-18-40(32)50(39)29-21-23-43-37(27-29)47(35-15-9-25-48-45(35)46-36(47)16-10-26-49-46)38-28-30(22-24-44(38)52-43)51-41-19-7-3-13-33(41)34-14-4-8-20-42(34)51/h1-28H. The van der Waals surface area contributed by atoms with Crippen LogP contribution in [0.1, 0.15) is 22.3 Å². The van der Waals surface area contributed by atoms with Crippen molar-refractivity contribution >= 4 is 55.4 Å². The Morgan fingerprint density at radius 3 is 1.17 bits per heavy atom. The van der Waals surface area contributed by atoms with Crippen molar-refractivity contribution < 1.29 is 0 Å². The van der Waals surface area contributed by atoms with Gasteiger partial charge in [-0.25, -0.2) is 0 Å². The maximum absolute atomic E-state index is 5.02. The third-order valence-corrected chi connectivity index (χ3v) is 12.4. The minimum atomic E-state index is -0.632. The van der Waals surface area contributed by atoms with Crippen LogP contribution < -0.4 is 0 Å². The average molecular weight is 681 g/mol. The molecule has 1 aliphatic carbocycles. The van der Waals surface area contributed by atoms with E-state index in [1.54, 1.807) is 0 Å². The Balaban J connectivity index is 1.20. The highest BCUT2D eigenvalue weighted by Crippen LogP contribution is 2.62. The Morgan fingerprint density at radius 1 is 0.385 bits per heavy atom. The average Bonchev–Trinajstić information content (AvgIpc) is 3.83. The van der Waals surface area contributed by atoms with Crippen molar-refractivity contribution in [1.82, 2.24) is 19.1 Å². The van der Waals surface area contributed by atoms with Crippen LogP contribution in [0.2, 0.25) is 0 Å². The molecule has 0 fully saturated rings. The molecule has 0 bridgehead atoms. The molecule has 0 saturated heterocycles. The molecule has 1 spiro atoms. The number of para-hydroxylation sites is 4. The summed E-state index contributed by atoms with van der Waals surface area (Å²) in [6.45, 7) is 0. The molecule has 0 radical (unpaired) electrons. The molecule has 5 heteroatoms. The van der Waals surface area contributed by atoms with E-state index in [9.17, 15) is 0 Å². The Hall–Kier alpha value is -6.43. The molecule has 10 aromatic rings. The van der Waals surface area contributed by atoms with Gasteiger partial charge in [-0.2, -0.15) is 0 Å². The van der Waals surface area contributed by atoms with E-state index in [1.165, 1.54) is 75.7 Å². The molecule has 242 valence electrons. The summed E-state index contributed by atoms with van der Waals surface area (Å²) in [5.41, 5.74) is 13.2. The zero-order chi connectivity index (χ0) is 34.0. The number of hydrogen-bond acceptors (Lipinski definition) is 3. The zero-order valence-corrected chi connectivity index (χ0v) is 28.7. The number of pyridine rings is 2. The molecule has 6 aromatic carbocycles. The molecule has 0 atom stereocenters. The van der Waals surface area contributed by atoms with Crippen LogP contribution in [-0.4, -0.2) is 19.1 Å². The summed E-state index contributed by atoms with van der Waals surface area (Å²) in [6.07, 6.45) is 3.80. The molecule has 0 amide bonds. The topological polar surface area (TPSA) is 35.6 Å². The largest absolute Gasteiger partial charge is 0.309 e. The molecule has 1 aliphatic heterocycles. The second kappa shape index (κ2) is 10.3. The van der Waals surface area contributed by atoms with Gasteiger partial charge in [-0.1, -0.05) is 96.7 Å². The van der Waals surface area contributed by atoms with Gasteiger partial charge in [-0.15, -0.1) is 0 Å². The lowest BCUT2D eigenvalue weighted by atomic mass is 9.67. The number of nitrogens with zero attached hydrogens (tertiary/aromatic N) is 4. The van der Waals surface area contributed by atoms with Gasteiger partial charge < -0.3 is 9.13 Å². The number of hydrogen-bond donors (Lipinski definition) is 0. The van der Waals surface area contributed by atoms with Gasteiger partial charge in [0, 0.05) is 55.1 Å². The molecule has 4 nitrogen and oxygen atoms in total. The first-order valence-electron chi connectivity index (χ1n) is 17.7. The van der Waals surface area contributed by atoms with Crippen molar-refractivity contribution in [2.24, 2.45) is 0 Å². The third kappa shape index (κ3) is 3.53. The van der Waals surface area contributed by atoms with Gasteiger partial charge >= 0.3 is 0 Å². The first kappa shape index (κ1) is 28.3. The second-order valence-corrected chi connectivity index (χ2v) is 14.8. The summed E-state index contributed by atoms with van der Waals surface area (Å²) < 4.78 is 4.85. The maximum Gasteiger partial charge on any atom is 0.0937 e. The van der Waals surface area contributed by atoms with Crippen molar-refractivity contribution in [1.29, 1.82) is 0 Å². The third-order valence-electron chi connectivity index (χ3n) is 11.3. The van der Waals surface area contributed by atoms with E-state index >= 15 is 0 Å². The Labute approximate surface area is 303 Å². The molecular formula is C47H28N4S. The van der Waals surface area contributed by atoms with Crippen molar-refractivity contribution in [3.05, 3.63) is 192 Å². The van der Waals surface area contributed by atoms with Gasteiger partial charge in [0.05, 0.1) is 38.9 Å². The molecule has 12 rings (SSSR count). The molecule has 0 N–H and O–H groups in total. The summed E-state index contributed by atoms with van der Waals surface area (Å²) in [5.74, 6) is 0. The summed E-state index contributed by atoms with van der Waals surface area (Å²) in [5, 5.41) is 5.02. The smallest absolute Gasteiger partial charge is 0.0937 e. The highest BCUT2D eigenvalue weighted by Gasteiger charge is 2.52. The van der Waals surface area contributed by atoms with Gasteiger partial charge in [0.25, 0.3) is 0 Å². The van der Waals surface area contributed by atoms with Gasteiger partial charge in [0.1, 0.15) is 0 Å². The van der Waals surface area contributed by atoms with Crippen LogP contribution in [0.4, 0.5) is 0 Å². The fourth-order valence-corrected chi connectivity index (χ4v) is 10.4. The monoisotopic (exact) mass is 680 g/mol. The summed E-state index contributed by atoms with van der Waals surface area (Å²) in [4.78, 5) is 12.5. The van der Waals surface area contributed by atoms with Crippen LogP contribution in [0, 0.1) is 0 Å². The van der Waals surface area contributed by atoms with Crippen LogP contribution >= 0.6 is 11.8 Å². The molecule has 5 heterocycles. The highest BCUT2D eigenvalue weighted by molar-refractivity contribution is 7.99. The minimum Gasteiger partial charge on any atom is -0.309 e. The van der Waals surface area contributed by atoms with Crippen molar-refractivity contribution in [2.75, 3.05) is 0 Å². The molecular weight excluding hydrogens is 653 g/mol. The lowest BCUT2D eigenvalue weighted by molar-refractivity contribution is 0.717. The molecule has 0 saturated carbocycles. The highest BCUT2D eigenvalue weighted by atomic mass is 32.2. The molecule has 0 unspecified atom stereocenters. The van der Waals surface area contributed by atoms with Crippen LogP contribution in [0.5, 0.6) is 0 Å². The summed E-state index contributed by atoms with van der Waals surface area (Å²) in [7, 11) is 0. The maximum atomic E-state index is 5.02. The first-order chi connectivity index (χ1) is 25.8. The Morgan fingerprint density at radius 2 is 0.769 bits per heavy atom. The number of rotatable bonds is 2. The fraction of sp³-hybridized carbons (Fsp3) is 0.0213. The Bertz CT molecular complexity index is 2810. The van der Waals surface area contributed by atoms with Gasteiger partial charge in [-0.3, -0.25) is 9.97 Å². The van der Waals surface area contributed by atoms with Crippen LogP contribution in [0.25, 0.3) is 66.4 Å². The van der Waals surface area contributed by atoms with Gasteiger partial charge in [0.2, 0.25) is 0 Å². The normalized spacial score (nSPS) is 13.8. The predicted molar refractivity (Wildman–Crippen MR) is 212 cm³/mol. The molecule has 52 heavy (non-hydrogen) atoms. The van der Waals surface area contributed by atoms with Crippen molar-refractivity contribution in [3.63, 3.8) is 0 Å². The van der Waals surface area contributed by atoms with E-state index in [0.717, 1.165) is 22.8 Å². The molecule has 2 aliphatic rings. The second-order valence-electron chi connectivity index (χ2n) is 13.8. The van der Waals surface area contributed by atoms with E-state index in [4.69, 9.17) is 9.97 Å². The van der Waals surface area contributed by atoms with Crippen LogP contribution in [-0.2, 0) is 5.41 Å². The van der Waals surface area contributed by atoms with Gasteiger partial charge in [-0.05, 0) is 95.1 Å². The summed E-state index contributed by atoms with van der Waals surface area (Å²) >= 11 is 1.86. The van der Waals surface area contributed by atoms with Crippen LogP contribution in [0.15, 0.2) is 180 Å². The van der Waals surface area contributed by atoms with E-state index < -0.39 is 5.41 Å². The van der Waals surface area contributed by atoms with Crippen molar-refractivity contribution in [3.8, 4) is 22.8 Å². The van der Waals surface area contributed by atoms with E-state index in [0.29, 0.717) is 0 Å². The minimum absolute atomic E-state index is 0.632. The Kier molecular flexibility index (Phi) is 5.61. The lowest BCUT2D eigenvalue weighted by Crippen LogP contribution is -2.32. The van der Waals surface area contributed by atoms with E-state index in [2.05, 4.69) is 167 Å². The van der Waals surface area contributed by atoms with Gasteiger partial charge in [0.15, 0.2) is 0 Å². The SMILES string of the molecule is c1cnc2c(c1)C1(c3cc(-n4c5ccccc5c5ccccc54)ccc3Sc3ccc(-n4c5ccccc5c5ccccc54)cc31)c1cccnc1-2. The molecule has 4 aromatic heterocycles. The fourth-order valence-electron chi connectivity index (χ4n) is 9.26.